The Balaban J connectivity index is 2.47. The first kappa shape index (κ1) is 14.3. The Morgan fingerprint density at radius 2 is 2.12 bits per heavy atom. The summed E-state index contributed by atoms with van der Waals surface area (Å²) in [6.45, 7) is 4.78. The van der Waals surface area contributed by atoms with E-state index in [0.717, 1.165) is 16.4 Å². The molecule has 0 saturated carbocycles. The molecule has 1 aromatic rings. The number of nitrogen functional groups attached to an aromatic ring is 1. The van der Waals surface area contributed by atoms with E-state index < -0.39 is 0 Å². The molecule has 0 unspecified atom stereocenters. The van der Waals surface area contributed by atoms with Gasteiger partial charge in [0.25, 0.3) is 0 Å². The van der Waals surface area contributed by atoms with Crippen LogP contribution in [0.4, 0.5) is 5.69 Å². The van der Waals surface area contributed by atoms with Gasteiger partial charge >= 0.3 is 5.97 Å². The van der Waals surface area contributed by atoms with E-state index in [1.807, 2.05) is 6.07 Å². The van der Waals surface area contributed by atoms with Crippen LogP contribution in [0.1, 0.15) is 37.0 Å². The van der Waals surface area contributed by atoms with Crippen LogP contribution in [0, 0.1) is 9.49 Å². The van der Waals surface area contributed by atoms with Crippen LogP contribution < -0.4 is 5.73 Å². The molecule has 0 atom stereocenters. The third kappa shape index (κ3) is 5.39. The molecule has 0 aromatic heterocycles. The summed E-state index contributed by atoms with van der Waals surface area (Å²) in [5.74, 6) is 0.348. The van der Waals surface area contributed by atoms with Crippen molar-refractivity contribution in [1.82, 2.24) is 0 Å². The van der Waals surface area contributed by atoms with Crippen LogP contribution in [0.3, 0.4) is 0 Å². The summed E-state index contributed by atoms with van der Waals surface area (Å²) in [6, 6.07) is 5.24. The van der Waals surface area contributed by atoms with Crippen molar-refractivity contribution in [3.8, 4) is 0 Å². The lowest BCUT2D eigenvalue weighted by Crippen LogP contribution is -2.08. The second-order valence-corrected chi connectivity index (χ2v) is 5.69. The van der Waals surface area contributed by atoms with Crippen molar-refractivity contribution >= 4 is 34.2 Å². The number of carbonyl (C=O) groups is 1. The number of halogens is 1. The van der Waals surface area contributed by atoms with Crippen LogP contribution in [-0.2, 0) is 4.74 Å². The van der Waals surface area contributed by atoms with Gasteiger partial charge in [0.1, 0.15) is 0 Å². The molecule has 0 aliphatic carbocycles. The summed E-state index contributed by atoms with van der Waals surface area (Å²) in [4.78, 5) is 11.7. The normalized spacial score (nSPS) is 10.6. The van der Waals surface area contributed by atoms with E-state index in [4.69, 9.17) is 10.5 Å². The molecule has 17 heavy (non-hydrogen) atoms. The number of nitrogens with two attached hydrogens (primary N) is 1. The van der Waals surface area contributed by atoms with E-state index >= 15 is 0 Å². The first-order valence-electron chi connectivity index (χ1n) is 5.72. The highest BCUT2D eigenvalue weighted by Crippen LogP contribution is 2.15. The molecule has 1 aromatic carbocycles. The predicted octanol–water partition coefficient (Wildman–Crippen LogP) is 3.47. The van der Waals surface area contributed by atoms with Crippen molar-refractivity contribution < 1.29 is 9.53 Å². The minimum absolute atomic E-state index is 0.293. The van der Waals surface area contributed by atoms with Gasteiger partial charge in [-0.05, 0) is 59.5 Å². The summed E-state index contributed by atoms with van der Waals surface area (Å²) in [5.41, 5.74) is 6.79. The Bertz CT molecular complexity index is 371. The fourth-order valence-electron chi connectivity index (χ4n) is 1.47. The van der Waals surface area contributed by atoms with Crippen LogP contribution in [0.2, 0.25) is 0 Å². The van der Waals surface area contributed by atoms with Crippen LogP contribution in [0.25, 0.3) is 0 Å². The molecule has 0 heterocycles. The van der Waals surface area contributed by atoms with Crippen LogP contribution in [-0.4, -0.2) is 12.6 Å². The first-order valence-corrected chi connectivity index (χ1v) is 6.80. The smallest absolute Gasteiger partial charge is 0.338 e. The number of esters is 1. The van der Waals surface area contributed by atoms with Crippen molar-refractivity contribution in [3.05, 3.63) is 27.3 Å². The maximum atomic E-state index is 11.7. The topological polar surface area (TPSA) is 52.3 Å². The van der Waals surface area contributed by atoms with Gasteiger partial charge in [0.2, 0.25) is 0 Å². The van der Waals surface area contributed by atoms with Gasteiger partial charge in [0.15, 0.2) is 0 Å². The fourth-order valence-corrected chi connectivity index (χ4v) is 2.17. The second-order valence-electron chi connectivity index (χ2n) is 4.45. The number of benzene rings is 1. The van der Waals surface area contributed by atoms with Crippen LogP contribution >= 0.6 is 22.6 Å². The molecule has 0 bridgehead atoms. The van der Waals surface area contributed by atoms with Gasteiger partial charge < -0.3 is 10.5 Å². The number of rotatable bonds is 5. The maximum Gasteiger partial charge on any atom is 0.338 e. The maximum absolute atomic E-state index is 11.7. The van der Waals surface area contributed by atoms with E-state index in [2.05, 4.69) is 36.4 Å². The second kappa shape index (κ2) is 6.83. The number of hydrogen-bond acceptors (Lipinski definition) is 3. The minimum Gasteiger partial charge on any atom is -0.462 e. The summed E-state index contributed by atoms with van der Waals surface area (Å²) < 4.78 is 6.13. The highest BCUT2D eigenvalue weighted by Gasteiger charge is 2.08. The van der Waals surface area contributed by atoms with E-state index in [9.17, 15) is 4.79 Å². The highest BCUT2D eigenvalue weighted by molar-refractivity contribution is 14.1. The van der Waals surface area contributed by atoms with Crippen LogP contribution in [0.15, 0.2) is 18.2 Å². The molecule has 0 aliphatic rings. The Morgan fingerprint density at radius 3 is 2.71 bits per heavy atom. The Kier molecular flexibility index (Phi) is 5.74. The van der Waals surface area contributed by atoms with Gasteiger partial charge in [-0.2, -0.15) is 0 Å². The first-order chi connectivity index (χ1) is 7.99. The molecule has 1 rings (SSSR count). The third-order valence-electron chi connectivity index (χ3n) is 2.31. The van der Waals surface area contributed by atoms with Crippen molar-refractivity contribution in [2.45, 2.75) is 26.7 Å². The zero-order chi connectivity index (χ0) is 12.8. The summed E-state index contributed by atoms with van der Waals surface area (Å²) >= 11 is 2.13. The minimum atomic E-state index is -0.293. The van der Waals surface area contributed by atoms with E-state index in [0.29, 0.717) is 23.8 Å². The number of ether oxygens (including phenoxy) is 1. The Morgan fingerprint density at radius 1 is 1.41 bits per heavy atom. The van der Waals surface area contributed by atoms with Gasteiger partial charge in [0.05, 0.1) is 12.2 Å². The van der Waals surface area contributed by atoms with E-state index in [1.54, 1.807) is 12.1 Å². The van der Waals surface area contributed by atoms with Crippen LogP contribution in [0.5, 0.6) is 0 Å². The lowest BCUT2D eigenvalue weighted by Gasteiger charge is -2.07. The lowest BCUT2D eigenvalue weighted by molar-refractivity contribution is 0.0494. The fraction of sp³-hybridized carbons (Fsp3) is 0.462. The zero-order valence-electron chi connectivity index (χ0n) is 10.2. The standard InChI is InChI=1S/C13H18INO2/c1-9(2)4-3-5-17-13(16)10-6-11(14)8-12(15)7-10/h6-9H,3-5,15H2,1-2H3. The molecule has 3 nitrogen and oxygen atoms in total. The van der Waals surface area contributed by atoms with Gasteiger partial charge in [-0.3, -0.25) is 0 Å². The van der Waals surface area contributed by atoms with Crippen molar-refractivity contribution in [1.29, 1.82) is 0 Å². The zero-order valence-corrected chi connectivity index (χ0v) is 12.4. The molecule has 0 saturated heterocycles. The average Bonchev–Trinajstić information content (AvgIpc) is 2.22. The molecule has 4 heteroatoms. The number of hydrogen-bond donors (Lipinski definition) is 1. The number of anilines is 1. The van der Waals surface area contributed by atoms with Crippen molar-refractivity contribution in [2.75, 3.05) is 12.3 Å². The average molecular weight is 347 g/mol. The monoisotopic (exact) mass is 347 g/mol. The SMILES string of the molecule is CC(C)CCCOC(=O)c1cc(N)cc(I)c1. The molecule has 0 fully saturated rings. The quantitative estimate of drug-likeness (QED) is 0.384. The number of carbonyl (C=O) groups excluding carboxylic acids is 1. The van der Waals surface area contributed by atoms with Gasteiger partial charge in [0, 0.05) is 9.26 Å². The van der Waals surface area contributed by atoms with E-state index in [-0.39, 0.29) is 5.97 Å². The van der Waals surface area contributed by atoms with Gasteiger partial charge in [-0.1, -0.05) is 13.8 Å². The molecule has 0 radical (unpaired) electrons. The Hall–Kier alpha value is -0.780. The van der Waals surface area contributed by atoms with Crippen molar-refractivity contribution in [3.63, 3.8) is 0 Å². The van der Waals surface area contributed by atoms with E-state index in [1.165, 1.54) is 0 Å². The summed E-state index contributed by atoms with van der Waals surface area (Å²) in [6.07, 6.45) is 1.98. The lowest BCUT2D eigenvalue weighted by atomic mass is 10.1. The predicted molar refractivity (Wildman–Crippen MR) is 77.9 cm³/mol. The molecular formula is C13H18INO2. The summed E-state index contributed by atoms with van der Waals surface area (Å²) in [5, 5.41) is 0. The summed E-state index contributed by atoms with van der Waals surface area (Å²) in [7, 11) is 0. The molecular weight excluding hydrogens is 329 g/mol. The molecule has 94 valence electrons. The molecule has 2 N–H and O–H groups in total. The molecule has 0 spiro atoms. The largest absolute Gasteiger partial charge is 0.462 e. The van der Waals surface area contributed by atoms with Gasteiger partial charge in [-0.15, -0.1) is 0 Å². The molecule has 0 aliphatic heterocycles. The molecule has 0 amide bonds. The third-order valence-corrected chi connectivity index (χ3v) is 2.94. The van der Waals surface area contributed by atoms with Crippen molar-refractivity contribution in [2.24, 2.45) is 5.92 Å². The Labute approximate surface area is 116 Å². The highest BCUT2D eigenvalue weighted by atomic mass is 127. The van der Waals surface area contributed by atoms with Gasteiger partial charge in [-0.25, -0.2) is 4.79 Å².